The Bertz CT molecular complexity index is 138. The van der Waals surface area contributed by atoms with Crippen LogP contribution in [0.5, 0.6) is 0 Å². The molecule has 0 bridgehead atoms. The number of hydrogen-bond acceptors (Lipinski definition) is 3. The number of hydrogen-bond donors (Lipinski definition) is 2. The lowest BCUT2D eigenvalue weighted by Crippen LogP contribution is -2.46. The lowest BCUT2D eigenvalue weighted by molar-refractivity contribution is -0.0312. The fraction of sp³-hybridized carbons (Fsp3) is 1.00. The van der Waals surface area contributed by atoms with Crippen molar-refractivity contribution in [3.8, 4) is 0 Å². The fourth-order valence-electron chi connectivity index (χ4n) is 1.19. The minimum Gasteiger partial charge on any atom is -0.395 e. The third kappa shape index (κ3) is 1.72. The van der Waals surface area contributed by atoms with Gasteiger partial charge in [-0.25, -0.2) is 0 Å². The van der Waals surface area contributed by atoms with Crippen LogP contribution < -0.4 is 5.32 Å². The van der Waals surface area contributed by atoms with E-state index in [1.165, 1.54) is 0 Å². The molecule has 2 N–H and O–H groups in total. The largest absolute Gasteiger partial charge is 0.395 e. The summed E-state index contributed by atoms with van der Waals surface area (Å²) >= 11 is 0. The van der Waals surface area contributed by atoms with Crippen LogP contribution in [-0.2, 0) is 4.74 Å². The van der Waals surface area contributed by atoms with Crippen LogP contribution in [0.4, 0.5) is 0 Å². The summed E-state index contributed by atoms with van der Waals surface area (Å²) in [5.41, 5.74) is -0.243. The van der Waals surface area contributed by atoms with E-state index in [0.29, 0.717) is 12.5 Å². The molecule has 0 aromatic rings. The van der Waals surface area contributed by atoms with Crippen molar-refractivity contribution in [3.05, 3.63) is 0 Å². The van der Waals surface area contributed by atoms with Gasteiger partial charge in [0.25, 0.3) is 0 Å². The molecule has 66 valence electrons. The zero-order valence-corrected chi connectivity index (χ0v) is 7.42. The maximum atomic E-state index is 8.84. The molecule has 1 rings (SSSR count). The van der Waals surface area contributed by atoms with E-state index in [0.717, 1.165) is 0 Å². The Hall–Kier alpha value is -0.120. The molecular weight excluding hydrogens is 142 g/mol. The van der Waals surface area contributed by atoms with Crippen LogP contribution in [-0.4, -0.2) is 30.1 Å². The minimum atomic E-state index is -0.243. The second-order valence-electron chi connectivity index (χ2n) is 3.60. The summed E-state index contributed by atoms with van der Waals surface area (Å²) in [5.74, 6) is 0.430. The first-order valence-corrected chi connectivity index (χ1v) is 4.11. The van der Waals surface area contributed by atoms with Crippen molar-refractivity contribution in [2.45, 2.75) is 32.5 Å². The zero-order valence-electron chi connectivity index (χ0n) is 7.42. The fourth-order valence-corrected chi connectivity index (χ4v) is 1.19. The molecule has 3 nitrogen and oxygen atoms in total. The molecule has 0 spiro atoms. The highest BCUT2D eigenvalue weighted by Gasteiger charge is 2.37. The Morgan fingerprint density at radius 3 is 2.64 bits per heavy atom. The predicted molar refractivity (Wildman–Crippen MR) is 43.2 cm³/mol. The van der Waals surface area contributed by atoms with E-state index >= 15 is 0 Å². The molecular formula is C8H17NO2. The van der Waals surface area contributed by atoms with Crippen LogP contribution >= 0.6 is 0 Å². The molecule has 2 atom stereocenters. The molecule has 1 aliphatic rings. The van der Waals surface area contributed by atoms with Gasteiger partial charge < -0.3 is 9.84 Å². The summed E-state index contributed by atoms with van der Waals surface area (Å²) in [6.07, 6.45) is 0. The molecule has 0 aromatic carbocycles. The highest BCUT2D eigenvalue weighted by molar-refractivity contribution is 4.86. The van der Waals surface area contributed by atoms with E-state index in [1.807, 2.05) is 6.92 Å². The molecule has 1 fully saturated rings. The summed E-state index contributed by atoms with van der Waals surface area (Å²) in [7, 11) is 0. The SMILES string of the molecule is CC(C)C1(C)NC(CO)CO1. The second-order valence-corrected chi connectivity index (χ2v) is 3.60. The number of ether oxygens (including phenoxy) is 1. The summed E-state index contributed by atoms with van der Waals surface area (Å²) in [6, 6.07) is 0.113. The molecule has 0 saturated carbocycles. The van der Waals surface area contributed by atoms with Gasteiger partial charge in [-0.05, 0) is 12.8 Å². The van der Waals surface area contributed by atoms with Crippen LogP contribution in [0.3, 0.4) is 0 Å². The average molecular weight is 159 g/mol. The molecule has 2 unspecified atom stereocenters. The number of rotatable bonds is 2. The third-order valence-electron chi connectivity index (χ3n) is 2.40. The van der Waals surface area contributed by atoms with E-state index in [-0.39, 0.29) is 18.4 Å². The molecule has 0 aliphatic carbocycles. The van der Waals surface area contributed by atoms with Gasteiger partial charge in [-0.3, -0.25) is 5.32 Å². The molecule has 0 radical (unpaired) electrons. The highest BCUT2D eigenvalue weighted by atomic mass is 16.5. The minimum absolute atomic E-state index is 0.113. The smallest absolute Gasteiger partial charge is 0.119 e. The Morgan fingerprint density at radius 2 is 2.36 bits per heavy atom. The van der Waals surface area contributed by atoms with Gasteiger partial charge in [0.2, 0.25) is 0 Å². The van der Waals surface area contributed by atoms with Crippen LogP contribution in [0, 0.1) is 5.92 Å². The van der Waals surface area contributed by atoms with Gasteiger partial charge in [-0.1, -0.05) is 13.8 Å². The van der Waals surface area contributed by atoms with Crippen molar-refractivity contribution < 1.29 is 9.84 Å². The number of aliphatic hydroxyl groups is 1. The van der Waals surface area contributed by atoms with Crippen LogP contribution in [0.2, 0.25) is 0 Å². The van der Waals surface area contributed by atoms with Crippen molar-refractivity contribution in [1.82, 2.24) is 5.32 Å². The topological polar surface area (TPSA) is 41.5 Å². The van der Waals surface area contributed by atoms with Crippen LogP contribution in [0.15, 0.2) is 0 Å². The van der Waals surface area contributed by atoms with Crippen molar-refractivity contribution in [1.29, 1.82) is 0 Å². The lowest BCUT2D eigenvalue weighted by atomic mass is 10.0. The molecule has 0 aromatic heterocycles. The molecule has 0 amide bonds. The van der Waals surface area contributed by atoms with E-state index in [9.17, 15) is 0 Å². The van der Waals surface area contributed by atoms with Gasteiger partial charge in [0.05, 0.1) is 19.3 Å². The Labute approximate surface area is 67.7 Å². The maximum absolute atomic E-state index is 8.84. The quantitative estimate of drug-likeness (QED) is 0.610. The first-order valence-electron chi connectivity index (χ1n) is 4.11. The van der Waals surface area contributed by atoms with Crippen molar-refractivity contribution in [3.63, 3.8) is 0 Å². The lowest BCUT2D eigenvalue weighted by Gasteiger charge is -2.28. The van der Waals surface area contributed by atoms with Gasteiger partial charge in [0, 0.05) is 0 Å². The summed E-state index contributed by atoms with van der Waals surface area (Å²) in [4.78, 5) is 0. The Kier molecular flexibility index (Phi) is 2.52. The molecule has 11 heavy (non-hydrogen) atoms. The monoisotopic (exact) mass is 159 g/mol. The third-order valence-corrected chi connectivity index (χ3v) is 2.40. The van der Waals surface area contributed by atoms with E-state index in [1.54, 1.807) is 0 Å². The molecule has 1 saturated heterocycles. The first kappa shape index (κ1) is 8.97. The standard InChI is InChI=1S/C8H17NO2/c1-6(2)8(3)9-7(4-10)5-11-8/h6-7,9-10H,4-5H2,1-3H3. The Morgan fingerprint density at radius 1 is 1.73 bits per heavy atom. The Balaban J connectivity index is 2.50. The number of nitrogens with one attached hydrogen (secondary N) is 1. The highest BCUT2D eigenvalue weighted by Crippen LogP contribution is 2.23. The number of aliphatic hydroxyl groups excluding tert-OH is 1. The van der Waals surface area contributed by atoms with Crippen LogP contribution in [0.1, 0.15) is 20.8 Å². The van der Waals surface area contributed by atoms with Gasteiger partial charge in [0.1, 0.15) is 5.72 Å². The van der Waals surface area contributed by atoms with Gasteiger partial charge in [0.15, 0.2) is 0 Å². The average Bonchev–Trinajstić information content (AvgIpc) is 2.33. The molecule has 1 heterocycles. The van der Waals surface area contributed by atoms with Gasteiger partial charge in [-0.2, -0.15) is 0 Å². The molecule has 3 heteroatoms. The van der Waals surface area contributed by atoms with E-state index < -0.39 is 0 Å². The van der Waals surface area contributed by atoms with Gasteiger partial charge >= 0.3 is 0 Å². The summed E-state index contributed by atoms with van der Waals surface area (Å²) < 4.78 is 5.53. The maximum Gasteiger partial charge on any atom is 0.119 e. The van der Waals surface area contributed by atoms with Crippen LogP contribution in [0.25, 0.3) is 0 Å². The summed E-state index contributed by atoms with van der Waals surface area (Å²) in [5, 5.41) is 12.1. The summed E-state index contributed by atoms with van der Waals surface area (Å²) in [6.45, 7) is 7.00. The second kappa shape index (κ2) is 3.09. The van der Waals surface area contributed by atoms with E-state index in [4.69, 9.17) is 9.84 Å². The van der Waals surface area contributed by atoms with Crippen molar-refractivity contribution in [2.24, 2.45) is 5.92 Å². The van der Waals surface area contributed by atoms with Gasteiger partial charge in [-0.15, -0.1) is 0 Å². The van der Waals surface area contributed by atoms with Crippen molar-refractivity contribution in [2.75, 3.05) is 13.2 Å². The van der Waals surface area contributed by atoms with Crippen molar-refractivity contribution >= 4 is 0 Å². The zero-order chi connectivity index (χ0) is 8.48. The first-order chi connectivity index (χ1) is 5.08. The molecule has 1 aliphatic heterocycles. The normalized spacial score (nSPS) is 38.5. The predicted octanol–water partition coefficient (Wildman–Crippen LogP) is 0.339. The van der Waals surface area contributed by atoms with E-state index in [2.05, 4.69) is 19.2 Å².